The fourth-order valence-corrected chi connectivity index (χ4v) is 4.56. The monoisotopic (exact) mass is 889 g/mol. The second-order valence-corrected chi connectivity index (χ2v) is 10.4. The number of rotatable bonds is 15. The van der Waals surface area contributed by atoms with Crippen molar-refractivity contribution in [2.75, 3.05) is 13.2 Å². The third-order valence-corrected chi connectivity index (χ3v) is 7.39. The molecule has 0 aliphatic heterocycles. The van der Waals surface area contributed by atoms with Crippen LogP contribution in [0.15, 0.2) is 24.3 Å². The van der Waals surface area contributed by atoms with Gasteiger partial charge in [-0.3, -0.25) is 4.79 Å². The smallest absolute Gasteiger partial charge is 0.311 e. The SMILES string of the molecule is CCCCCC1CCC(c2ccc(OCCCCCCOC(=O)C(C)(C)CC)cc2)CC1.[Y].[Y].[Y].[Y].[Y]. The van der Waals surface area contributed by atoms with Crippen molar-refractivity contribution in [3.05, 3.63) is 29.8 Å². The van der Waals surface area contributed by atoms with Gasteiger partial charge in [0.2, 0.25) is 0 Å². The third-order valence-electron chi connectivity index (χ3n) is 7.39. The van der Waals surface area contributed by atoms with Crippen LogP contribution in [0.5, 0.6) is 5.75 Å². The Hall–Kier alpha value is 4.01. The van der Waals surface area contributed by atoms with E-state index >= 15 is 0 Å². The summed E-state index contributed by atoms with van der Waals surface area (Å²) < 4.78 is 11.3. The number of hydrogen-bond donors (Lipinski definition) is 0. The van der Waals surface area contributed by atoms with Crippen molar-refractivity contribution < 1.29 is 178 Å². The van der Waals surface area contributed by atoms with Crippen LogP contribution in [-0.4, -0.2) is 19.2 Å². The molecular weight excluding hydrogens is 841 g/mol. The minimum absolute atomic E-state index is 0. The van der Waals surface area contributed by atoms with Gasteiger partial charge in [0.15, 0.2) is 0 Å². The molecule has 1 aliphatic rings. The van der Waals surface area contributed by atoms with E-state index in [9.17, 15) is 4.79 Å². The molecule has 0 aromatic heterocycles. The van der Waals surface area contributed by atoms with E-state index in [2.05, 4.69) is 31.2 Å². The quantitative estimate of drug-likeness (QED) is 0.131. The van der Waals surface area contributed by atoms with Crippen molar-refractivity contribution in [1.82, 2.24) is 0 Å². The fraction of sp³-hybridized carbons (Fsp3) is 0.759. The van der Waals surface area contributed by atoms with Crippen LogP contribution in [0.2, 0.25) is 0 Å². The molecule has 1 fully saturated rings. The van der Waals surface area contributed by atoms with Crippen molar-refractivity contribution in [1.29, 1.82) is 0 Å². The van der Waals surface area contributed by atoms with Crippen LogP contribution in [0.3, 0.4) is 0 Å². The second-order valence-electron chi connectivity index (χ2n) is 10.4. The van der Waals surface area contributed by atoms with Crippen LogP contribution >= 0.6 is 0 Å². The first-order valence-electron chi connectivity index (χ1n) is 13.4. The van der Waals surface area contributed by atoms with E-state index in [1.165, 1.54) is 56.9 Å². The van der Waals surface area contributed by atoms with Gasteiger partial charge in [-0.15, -0.1) is 0 Å². The van der Waals surface area contributed by atoms with Gasteiger partial charge in [-0.1, -0.05) is 51.7 Å². The Balaban J connectivity index is -0.00000109. The minimum atomic E-state index is -0.364. The van der Waals surface area contributed by atoms with Crippen LogP contribution < -0.4 is 4.74 Å². The number of carbonyl (C=O) groups excluding carboxylic acids is 1. The van der Waals surface area contributed by atoms with E-state index in [0.717, 1.165) is 56.3 Å². The molecule has 1 aliphatic carbocycles. The standard InChI is InChI=1S/C29H48O3.5Y/c1-5-7-10-13-24-14-16-25(17-15-24)26-18-20-27(21-19-26)31-22-11-8-9-12-23-32-28(30)29(3,4)6-2;;;;;/h18-21,24-25H,5-17,22-23H2,1-4H3;;;;;. The molecule has 0 N–H and O–H groups in total. The largest absolute Gasteiger partial charge is 0.494 e. The molecule has 1 aromatic rings. The maximum Gasteiger partial charge on any atom is 0.311 e. The molecule has 2 rings (SSSR count). The van der Waals surface area contributed by atoms with Gasteiger partial charge in [-0.25, -0.2) is 0 Å². The molecule has 1 saturated carbocycles. The first-order valence-corrected chi connectivity index (χ1v) is 13.4. The summed E-state index contributed by atoms with van der Waals surface area (Å²) >= 11 is 0. The summed E-state index contributed by atoms with van der Waals surface area (Å²) in [7, 11) is 0. The Morgan fingerprint density at radius 3 is 1.89 bits per heavy atom. The normalized spacial score (nSPS) is 16.4. The zero-order valence-corrected chi connectivity index (χ0v) is 38.4. The number of carbonyl (C=O) groups is 1. The molecule has 1 aromatic carbocycles. The maximum absolute atomic E-state index is 11.9. The second kappa shape index (κ2) is 28.8. The summed E-state index contributed by atoms with van der Waals surface area (Å²) in [4.78, 5) is 11.9. The number of benzene rings is 1. The van der Waals surface area contributed by atoms with E-state index in [0.29, 0.717) is 6.61 Å². The molecule has 0 atom stereocenters. The minimum Gasteiger partial charge on any atom is -0.494 e. The van der Waals surface area contributed by atoms with Gasteiger partial charge in [0.25, 0.3) is 0 Å². The van der Waals surface area contributed by atoms with E-state index < -0.39 is 0 Å². The Kier molecular flexibility index (Phi) is 37.3. The van der Waals surface area contributed by atoms with Crippen LogP contribution in [0.25, 0.3) is 0 Å². The molecule has 37 heavy (non-hydrogen) atoms. The van der Waals surface area contributed by atoms with Crippen LogP contribution in [-0.2, 0) is 173 Å². The van der Waals surface area contributed by atoms with Crippen molar-refractivity contribution in [2.45, 2.75) is 117 Å². The van der Waals surface area contributed by atoms with E-state index in [1.54, 1.807) is 0 Å². The van der Waals surface area contributed by atoms with Crippen LogP contribution in [0.1, 0.15) is 123 Å². The van der Waals surface area contributed by atoms with E-state index in [1.807, 2.05) is 20.8 Å². The van der Waals surface area contributed by atoms with Gasteiger partial charge in [0.1, 0.15) is 5.75 Å². The average molecular weight is 889 g/mol. The van der Waals surface area contributed by atoms with Gasteiger partial charge in [-0.2, -0.15) is 0 Å². The molecule has 0 saturated heterocycles. The molecular formula is C29H48O3Y5. The molecule has 0 heterocycles. The predicted octanol–water partition coefficient (Wildman–Crippen LogP) is 8.45. The predicted molar refractivity (Wildman–Crippen MR) is 134 cm³/mol. The summed E-state index contributed by atoms with van der Waals surface area (Å²) in [5, 5.41) is 0. The maximum atomic E-state index is 11.9. The topological polar surface area (TPSA) is 35.5 Å². The summed E-state index contributed by atoms with van der Waals surface area (Å²) in [6.07, 6.45) is 16.1. The molecule has 8 heteroatoms. The Labute approximate surface area is 354 Å². The zero-order valence-electron chi connectivity index (χ0n) is 24.2. The Morgan fingerprint density at radius 1 is 0.784 bits per heavy atom. The Bertz CT molecular complexity index is 647. The van der Waals surface area contributed by atoms with Gasteiger partial charge >= 0.3 is 5.97 Å². The molecule has 0 spiro atoms. The molecule has 0 amide bonds. The summed E-state index contributed by atoms with van der Waals surface area (Å²) in [5.41, 5.74) is 1.13. The van der Waals surface area contributed by atoms with Crippen LogP contribution in [0, 0.1) is 11.3 Å². The number of ether oxygens (including phenoxy) is 2. The molecule has 0 unspecified atom stereocenters. The van der Waals surface area contributed by atoms with Gasteiger partial charge in [0.05, 0.1) is 18.6 Å². The first kappa shape index (κ1) is 47.9. The van der Waals surface area contributed by atoms with Crippen molar-refractivity contribution in [3.63, 3.8) is 0 Å². The molecule has 3 nitrogen and oxygen atoms in total. The number of esters is 1. The summed E-state index contributed by atoms with van der Waals surface area (Å²) in [6.45, 7) is 9.49. The van der Waals surface area contributed by atoms with E-state index in [-0.39, 0.29) is 175 Å². The zero-order chi connectivity index (χ0) is 23.2. The number of hydrogen-bond acceptors (Lipinski definition) is 3. The van der Waals surface area contributed by atoms with Crippen LogP contribution in [0.4, 0.5) is 0 Å². The van der Waals surface area contributed by atoms with E-state index in [4.69, 9.17) is 9.47 Å². The fourth-order valence-electron chi connectivity index (χ4n) is 4.56. The molecule has 197 valence electrons. The Morgan fingerprint density at radius 2 is 1.35 bits per heavy atom. The summed E-state index contributed by atoms with van der Waals surface area (Å²) in [6, 6.07) is 8.86. The van der Waals surface area contributed by atoms with Crippen molar-refractivity contribution in [2.24, 2.45) is 11.3 Å². The number of unbranched alkanes of at least 4 members (excludes halogenated alkanes) is 5. The summed E-state index contributed by atoms with van der Waals surface area (Å²) in [5.74, 6) is 2.61. The van der Waals surface area contributed by atoms with Crippen molar-refractivity contribution in [3.8, 4) is 5.75 Å². The average Bonchev–Trinajstić information content (AvgIpc) is 2.81. The first-order chi connectivity index (χ1) is 15.5. The third kappa shape index (κ3) is 20.6. The molecule has 5 radical (unpaired) electrons. The van der Waals surface area contributed by atoms with Crippen molar-refractivity contribution >= 4 is 5.97 Å². The van der Waals surface area contributed by atoms with Gasteiger partial charge < -0.3 is 9.47 Å². The van der Waals surface area contributed by atoms with Gasteiger partial charge in [-0.05, 0) is 101 Å². The molecule has 0 bridgehead atoms. The van der Waals surface area contributed by atoms with Gasteiger partial charge in [0, 0.05) is 164 Å².